The van der Waals surface area contributed by atoms with Gasteiger partial charge in [0.25, 0.3) is 0 Å². The summed E-state index contributed by atoms with van der Waals surface area (Å²) in [6.07, 6.45) is 1.04. The first-order valence-electron chi connectivity index (χ1n) is 7.91. The van der Waals surface area contributed by atoms with Crippen LogP contribution in [0.2, 0.25) is 10.0 Å². The Morgan fingerprint density at radius 2 is 1.65 bits per heavy atom. The summed E-state index contributed by atoms with van der Waals surface area (Å²) in [5, 5.41) is 3.36. The summed E-state index contributed by atoms with van der Waals surface area (Å²) in [6.45, 7) is 3.36. The molecular formula is C18H20Cl2N2O3S. The van der Waals surface area contributed by atoms with Crippen molar-refractivity contribution in [2.75, 3.05) is 10.6 Å². The fourth-order valence-corrected chi connectivity index (χ4v) is 4.05. The molecule has 2 aromatic carbocycles. The van der Waals surface area contributed by atoms with Crippen LogP contribution in [0.15, 0.2) is 48.5 Å². The van der Waals surface area contributed by atoms with Crippen molar-refractivity contribution < 1.29 is 13.2 Å². The molecule has 2 aromatic rings. The largest absolute Gasteiger partial charge is 0.348 e. The summed E-state index contributed by atoms with van der Waals surface area (Å²) < 4.78 is 25.6. The summed E-state index contributed by atoms with van der Waals surface area (Å²) in [7, 11) is -3.72. The van der Waals surface area contributed by atoms with Crippen LogP contribution in [-0.2, 0) is 14.8 Å². The lowest BCUT2D eigenvalue weighted by Crippen LogP contribution is -2.48. The average molecular weight is 415 g/mol. The van der Waals surface area contributed by atoms with Gasteiger partial charge in [0.05, 0.1) is 28.0 Å². The highest BCUT2D eigenvalue weighted by molar-refractivity contribution is 7.92. The zero-order valence-electron chi connectivity index (χ0n) is 14.6. The Morgan fingerprint density at radius 3 is 2.19 bits per heavy atom. The molecule has 1 amide bonds. The Bertz CT molecular complexity index is 889. The molecule has 0 heterocycles. The van der Waals surface area contributed by atoms with Crippen LogP contribution >= 0.6 is 23.2 Å². The molecule has 8 heteroatoms. The van der Waals surface area contributed by atoms with Gasteiger partial charge >= 0.3 is 0 Å². The zero-order valence-corrected chi connectivity index (χ0v) is 16.9. The Balaban J connectivity index is 2.27. The van der Waals surface area contributed by atoms with E-state index in [1.54, 1.807) is 0 Å². The molecule has 0 aromatic heterocycles. The topological polar surface area (TPSA) is 66.5 Å². The quantitative estimate of drug-likeness (QED) is 0.775. The Hall–Kier alpha value is -1.76. The van der Waals surface area contributed by atoms with Gasteiger partial charge in [0.1, 0.15) is 6.04 Å². The lowest BCUT2D eigenvalue weighted by Gasteiger charge is -2.29. The summed E-state index contributed by atoms with van der Waals surface area (Å²) >= 11 is 11.9. The maximum Gasteiger partial charge on any atom is 0.244 e. The number of hydrogen-bond donors (Lipinski definition) is 1. The first-order chi connectivity index (χ1) is 12.1. The third-order valence-corrected chi connectivity index (χ3v) is 5.89. The molecule has 5 nitrogen and oxygen atoms in total. The number of halogens is 2. The fourth-order valence-electron chi connectivity index (χ4n) is 2.59. The number of anilines is 1. The van der Waals surface area contributed by atoms with Crippen LogP contribution in [-0.4, -0.2) is 26.6 Å². The van der Waals surface area contributed by atoms with E-state index in [-0.39, 0.29) is 16.8 Å². The molecule has 0 unspecified atom stereocenters. The van der Waals surface area contributed by atoms with Crippen molar-refractivity contribution in [2.45, 2.75) is 25.9 Å². The SMILES string of the molecule is C[C@H](C(=O)N[C@H](C)c1ccccc1)N(c1ccc(Cl)c(Cl)c1)S(C)(=O)=O. The Kier molecular flexibility index (Phi) is 6.55. The van der Waals surface area contributed by atoms with Crippen LogP contribution in [0.25, 0.3) is 0 Å². The third-order valence-electron chi connectivity index (χ3n) is 3.90. The third kappa shape index (κ3) is 4.90. The number of nitrogens with one attached hydrogen (secondary N) is 1. The molecule has 2 atom stereocenters. The molecule has 0 aliphatic carbocycles. The van der Waals surface area contributed by atoms with Crippen LogP contribution in [0.1, 0.15) is 25.5 Å². The number of carbonyl (C=O) groups is 1. The van der Waals surface area contributed by atoms with Gasteiger partial charge in [0.2, 0.25) is 15.9 Å². The van der Waals surface area contributed by atoms with E-state index in [1.807, 2.05) is 37.3 Å². The van der Waals surface area contributed by atoms with Crippen LogP contribution in [0.5, 0.6) is 0 Å². The van der Waals surface area contributed by atoms with Crippen LogP contribution in [0.3, 0.4) is 0 Å². The average Bonchev–Trinajstić information content (AvgIpc) is 2.57. The van der Waals surface area contributed by atoms with Gasteiger partial charge in [0.15, 0.2) is 0 Å². The van der Waals surface area contributed by atoms with Gasteiger partial charge in [0, 0.05) is 0 Å². The van der Waals surface area contributed by atoms with Crippen molar-refractivity contribution in [1.82, 2.24) is 5.32 Å². The number of carbonyl (C=O) groups excluding carboxylic acids is 1. The number of benzene rings is 2. The summed E-state index contributed by atoms with van der Waals surface area (Å²) in [6, 6.07) is 12.6. The normalized spacial score (nSPS) is 13.7. The smallest absolute Gasteiger partial charge is 0.244 e. The second kappa shape index (κ2) is 8.29. The van der Waals surface area contributed by atoms with E-state index < -0.39 is 22.0 Å². The molecule has 0 bridgehead atoms. The zero-order chi connectivity index (χ0) is 19.5. The van der Waals surface area contributed by atoms with E-state index in [2.05, 4.69) is 5.32 Å². The second-order valence-corrected chi connectivity index (χ2v) is 8.65. The minimum atomic E-state index is -3.72. The number of nitrogens with zero attached hydrogens (tertiary/aromatic N) is 1. The maximum atomic E-state index is 12.7. The fraction of sp³-hybridized carbons (Fsp3) is 0.278. The number of sulfonamides is 1. The lowest BCUT2D eigenvalue weighted by atomic mass is 10.1. The molecule has 0 radical (unpaired) electrons. The highest BCUT2D eigenvalue weighted by atomic mass is 35.5. The molecule has 0 fully saturated rings. The van der Waals surface area contributed by atoms with E-state index in [1.165, 1.54) is 25.1 Å². The van der Waals surface area contributed by atoms with Gasteiger partial charge in [-0.25, -0.2) is 8.42 Å². The number of rotatable bonds is 6. The standard InChI is InChI=1S/C18H20Cl2N2O3S/c1-12(14-7-5-4-6-8-14)21-18(23)13(2)22(26(3,24)25)15-9-10-16(19)17(20)11-15/h4-13H,1-3H3,(H,21,23)/t12-,13-/m1/s1. The summed E-state index contributed by atoms with van der Waals surface area (Å²) in [5.74, 6) is -0.419. The first kappa shape index (κ1) is 20.6. The van der Waals surface area contributed by atoms with Gasteiger partial charge in [-0.15, -0.1) is 0 Å². The molecule has 0 saturated heterocycles. The van der Waals surface area contributed by atoms with Crippen LogP contribution in [0, 0.1) is 0 Å². The van der Waals surface area contributed by atoms with Crippen molar-refractivity contribution in [3.8, 4) is 0 Å². The predicted octanol–water partition coefficient (Wildman–Crippen LogP) is 4.03. The van der Waals surface area contributed by atoms with Crippen molar-refractivity contribution in [3.63, 3.8) is 0 Å². The van der Waals surface area contributed by atoms with Gasteiger partial charge < -0.3 is 5.32 Å². The van der Waals surface area contributed by atoms with E-state index in [0.29, 0.717) is 5.02 Å². The summed E-state index contributed by atoms with van der Waals surface area (Å²) in [4.78, 5) is 12.7. The molecular weight excluding hydrogens is 395 g/mol. The molecule has 0 saturated carbocycles. The highest BCUT2D eigenvalue weighted by Gasteiger charge is 2.30. The molecule has 0 aliphatic rings. The molecule has 2 rings (SSSR count). The number of hydrogen-bond acceptors (Lipinski definition) is 3. The van der Waals surface area contributed by atoms with Crippen molar-refractivity contribution in [1.29, 1.82) is 0 Å². The Labute approximate surface area is 164 Å². The molecule has 26 heavy (non-hydrogen) atoms. The highest BCUT2D eigenvalue weighted by Crippen LogP contribution is 2.29. The molecule has 0 aliphatic heterocycles. The first-order valence-corrected chi connectivity index (χ1v) is 10.5. The van der Waals surface area contributed by atoms with E-state index in [4.69, 9.17) is 23.2 Å². The maximum absolute atomic E-state index is 12.7. The summed E-state index contributed by atoms with van der Waals surface area (Å²) in [5.41, 5.74) is 1.20. The Morgan fingerprint density at radius 1 is 1.04 bits per heavy atom. The molecule has 0 spiro atoms. The van der Waals surface area contributed by atoms with E-state index >= 15 is 0 Å². The van der Waals surface area contributed by atoms with Crippen molar-refractivity contribution in [3.05, 3.63) is 64.1 Å². The minimum Gasteiger partial charge on any atom is -0.348 e. The van der Waals surface area contributed by atoms with E-state index in [0.717, 1.165) is 16.1 Å². The van der Waals surface area contributed by atoms with Crippen LogP contribution < -0.4 is 9.62 Å². The van der Waals surface area contributed by atoms with Crippen molar-refractivity contribution in [2.24, 2.45) is 0 Å². The van der Waals surface area contributed by atoms with Gasteiger partial charge in [-0.1, -0.05) is 53.5 Å². The van der Waals surface area contributed by atoms with Gasteiger partial charge in [-0.05, 0) is 37.6 Å². The van der Waals surface area contributed by atoms with Crippen molar-refractivity contribution >= 4 is 44.8 Å². The molecule has 140 valence electrons. The van der Waals surface area contributed by atoms with Gasteiger partial charge in [-0.3, -0.25) is 9.10 Å². The lowest BCUT2D eigenvalue weighted by molar-refractivity contribution is -0.122. The molecule has 1 N–H and O–H groups in total. The van der Waals surface area contributed by atoms with Crippen LogP contribution in [0.4, 0.5) is 5.69 Å². The second-order valence-electron chi connectivity index (χ2n) is 5.97. The number of amides is 1. The monoisotopic (exact) mass is 414 g/mol. The minimum absolute atomic E-state index is 0.211. The van der Waals surface area contributed by atoms with Gasteiger partial charge in [-0.2, -0.15) is 0 Å². The predicted molar refractivity (Wildman–Crippen MR) is 106 cm³/mol. The van der Waals surface area contributed by atoms with E-state index in [9.17, 15) is 13.2 Å².